The molecule has 1 heterocycles. The van der Waals surface area contributed by atoms with Gasteiger partial charge in [-0.3, -0.25) is 0 Å². The second-order valence-electron chi connectivity index (χ2n) is 5.36. The number of aryl methyl sites for hydroxylation is 1. The van der Waals surface area contributed by atoms with Gasteiger partial charge in [0.25, 0.3) is 0 Å². The Morgan fingerprint density at radius 2 is 2.27 bits per heavy atom. The van der Waals surface area contributed by atoms with Gasteiger partial charge in [-0.25, -0.2) is 4.98 Å². The van der Waals surface area contributed by atoms with Crippen molar-refractivity contribution in [2.45, 2.75) is 45.4 Å². The highest BCUT2D eigenvalue weighted by molar-refractivity contribution is 5.09. The van der Waals surface area contributed by atoms with Crippen molar-refractivity contribution < 1.29 is 0 Å². The quantitative estimate of drug-likeness (QED) is 0.741. The van der Waals surface area contributed by atoms with Crippen molar-refractivity contribution in [3.63, 3.8) is 0 Å². The van der Waals surface area contributed by atoms with E-state index in [1.165, 1.54) is 31.4 Å². The third-order valence-corrected chi connectivity index (χ3v) is 3.67. The zero-order valence-corrected chi connectivity index (χ0v) is 10.1. The van der Waals surface area contributed by atoms with E-state index in [-0.39, 0.29) is 0 Å². The maximum absolute atomic E-state index is 4.24. The first kappa shape index (κ1) is 10.7. The molecular weight excluding hydrogens is 184 g/mol. The van der Waals surface area contributed by atoms with Crippen LogP contribution in [0, 0.1) is 11.8 Å². The fourth-order valence-corrected chi connectivity index (χ4v) is 3.04. The van der Waals surface area contributed by atoms with Gasteiger partial charge in [0.1, 0.15) is 0 Å². The van der Waals surface area contributed by atoms with Crippen LogP contribution >= 0.6 is 0 Å². The van der Waals surface area contributed by atoms with Crippen LogP contribution in [0.2, 0.25) is 0 Å². The van der Waals surface area contributed by atoms with Crippen LogP contribution < -0.4 is 0 Å². The van der Waals surface area contributed by atoms with Crippen molar-refractivity contribution in [1.29, 1.82) is 0 Å². The van der Waals surface area contributed by atoms with Crippen LogP contribution in [-0.4, -0.2) is 9.55 Å². The lowest BCUT2D eigenvalue weighted by Gasteiger charge is -2.21. The minimum absolute atomic E-state index is 0.764. The van der Waals surface area contributed by atoms with Gasteiger partial charge in [0.15, 0.2) is 0 Å². The molecule has 1 fully saturated rings. The molecule has 2 atom stereocenters. The molecule has 2 nitrogen and oxygen atoms in total. The van der Waals surface area contributed by atoms with E-state index in [1.54, 1.807) is 0 Å². The first-order valence-corrected chi connectivity index (χ1v) is 6.14. The second kappa shape index (κ2) is 4.38. The molecule has 0 N–H and O–H groups in total. The fourth-order valence-electron chi connectivity index (χ4n) is 3.04. The monoisotopic (exact) mass is 206 g/mol. The van der Waals surface area contributed by atoms with Crippen LogP contribution in [-0.2, 0) is 7.05 Å². The molecular formula is C13H22N2. The number of imidazole rings is 1. The van der Waals surface area contributed by atoms with Gasteiger partial charge in [-0.15, -0.1) is 0 Å². The van der Waals surface area contributed by atoms with E-state index in [9.17, 15) is 0 Å². The molecule has 1 saturated carbocycles. The maximum atomic E-state index is 4.24. The number of rotatable bonds is 3. The van der Waals surface area contributed by atoms with Crippen molar-refractivity contribution in [2.75, 3.05) is 0 Å². The Morgan fingerprint density at radius 1 is 1.47 bits per heavy atom. The van der Waals surface area contributed by atoms with Gasteiger partial charge >= 0.3 is 0 Å². The molecule has 15 heavy (non-hydrogen) atoms. The highest BCUT2D eigenvalue weighted by atomic mass is 15.0. The Balaban J connectivity index is 2.11. The van der Waals surface area contributed by atoms with E-state index < -0.39 is 0 Å². The molecule has 2 rings (SSSR count). The molecule has 0 aromatic carbocycles. The summed E-state index contributed by atoms with van der Waals surface area (Å²) < 4.78 is 2.20. The van der Waals surface area contributed by atoms with Crippen molar-refractivity contribution in [3.05, 3.63) is 18.2 Å². The lowest BCUT2D eigenvalue weighted by molar-refractivity contribution is 0.376. The summed E-state index contributed by atoms with van der Waals surface area (Å²) in [5.41, 5.74) is 1.44. The molecule has 0 aliphatic heterocycles. The summed E-state index contributed by atoms with van der Waals surface area (Å²) in [7, 11) is 2.12. The molecule has 84 valence electrons. The number of hydrogen-bond acceptors (Lipinski definition) is 1. The number of nitrogens with zero attached hydrogens (tertiary/aromatic N) is 2. The zero-order chi connectivity index (χ0) is 10.8. The minimum atomic E-state index is 0.764. The Bertz CT molecular complexity index is 314. The van der Waals surface area contributed by atoms with E-state index in [2.05, 4.69) is 36.6 Å². The number of hydrogen-bond donors (Lipinski definition) is 0. The summed E-state index contributed by atoms with van der Waals surface area (Å²) in [5.74, 6) is 2.48. The van der Waals surface area contributed by atoms with E-state index in [4.69, 9.17) is 0 Å². The average Bonchev–Trinajstić information content (AvgIpc) is 2.73. The van der Waals surface area contributed by atoms with E-state index in [0.29, 0.717) is 0 Å². The molecule has 1 aliphatic carbocycles. The van der Waals surface area contributed by atoms with Gasteiger partial charge in [0, 0.05) is 24.9 Å². The molecule has 0 amide bonds. The molecule has 0 saturated heterocycles. The van der Waals surface area contributed by atoms with Crippen LogP contribution in [0.3, 0.4) is 0 Å². The average molecular weight is 206 g/mol. The smallest absolute Gasteiger partial charge is 0.0945 e. The Hall–Kier alpha value is -0.790. The SMILES string of the molecule is CC(C)CC1CCCC1c1cncn1C. The molecule has 1 aromatic heterocycles. The van der Waals surface area contributed by atoms with E-state index >= 15 is 0 Å². The first-order valence-electron chi connectivity index (χ1n) is 6.14. The fraction of sp³-hybridized carbons (Fsp3) is 0.769. The van der Waals surface area contributed by atoms with Gasteiger partial charge in [-0.1, -0.05) is 20.3 Å². The molecule has 2 unspecified atom stereocenters. The topological polar surface area (TPSA) is 17.8 Å². The summed E-state index contributed by atoms with van der Waals surface area (Å²) in [4.78, 5) is 4.24. The summed E-state index contributed by atoms with van der Waals surface area (Å²) in [5, 5.41) is 0. The normalized spacial score (nSPS) is 26.4. The van der Waals surface area contributed by atoms with Crippen molar-refractivity contribution in [3.8, 4) is 0 Å². The summed E-state index contributed by atoms with van der Waals surface area (Å²) in [6.07, 6.45) is 9.53. The molecule has 1 aromatic rings. The standard InChI is InChI=1S/C13H22N2/c1-10(2)7-11-5-4-6-12(11)13-8-14-9-15(13)3/h8-12H,4-7H2,1-3H3. The van der Waals surface area contributed by atoms with Gasteiger partial charge in [0.05, 0.1) is 6.33 Å². The molecule has 1 aliphatic rings. The van der Waals surface area contributed by atoms with Crippen molar-refractivity contribution in [2.24, 2.45) is 18.9 Å². The van der Waals surface area contributed by atoms with Crippen LogP contribution in [0.15, 0.2) is 12.5 Å². The Kier molecular flexibility index (Phi) is 3.13. The van der Waals surface area contributed by atoms with Crippen LogP contribution in [0.25, 0.3) is 0 Å². The Labute approximate surface area is 92.7 Å². The van der Waals surface area contributed by atoms with Crippen LogP contribution in [0.4, 0.5) is 0 Å². The predicted molar refractivity (Wildman–Crippen MR) is 62.7 cm³/mol. The lowest BCUT2D eigenvalue weighted by Crippen LogP contribution is -2.12. The third kappa shape index (κ3) is 2.24. The summed E-state index contributed by atoms with van der Waals surface area (Å²) >= 11 is 0. The summed E-state index contributed by atoms with van der Waals surface area (Å²) in [6, 6.07) is 0. The zero-order valence-electron chi connectivity index (χ0n) is 10.1. The first-order chi connectivity index (χ1) is 7.18. The predicted octanol–water partition coefficient (Wildman–Crippen LogP) is 3.35. The maximum Gasteiger partial charge on any atom is 0.0945 e. The highest BCUT2D eigenvalue weighted by Gasteiger charge is 2.30. The molecule has 2 heteroatoms. The van der Waals surface area contributed by atoms with Crippen molar-refractivity contribution >= 4 is 0 Å². The molecule has 0 radical (unpaired) electrons. The highest BCUT2D eigenvalue weighted by Crippen LogP contribution is 2.42. The van der Waals surface area contributed by atoms with E-state index in [0.717, 1.165) is 17.8 Å². The molecule has 0 bridgehead atoms. The van der Waals surface area contributed by atoms with Gasteiger partial charge < -0.3 is 4.57 Å². The van der Waals surface area contributed by atoms with Crippen LogP contribution in [0.5, 0.6) is 0 Å². The van der Waals surface area contributed by atoms with Gasteiger partial charge in [0.2, 0.25) is 0 Å². The minimum Gasteiger partial charge on any atom is -0.337 e. The van der Waals surface area contributed by atoms with Crippen LogP contribution in [0.1, 0.15) is 51.1 Å². The third-order valence-electron chi connectivity index (χ3n) is 3.67. The lowest BCUT2D eigenvalue weighted by atomic mass is 9.86. The largest absolute Gasteiger partial charge is 0.337 e. The summed E-state index contributed by atoms with van der Waals surface area (Å²) in [6.45, 7) is 4.66. The molecule has 0 spiro atoms. The second-order valence-corrected chi connectivity index (χ2v) is 5.36. The Morgan fingerprint density at radius 3 is 2.87 bits per heavy atom. The van der Waals surface area contributed by atoms with E-state index in [1.807, 2.05) is 6.33 Å². The van der Waals surface area contributed by atoms with Crippen molar-refractivity contribution in [1.82, 2.24) is 9.55 Å². The van der Waals surface area contributed by atoms with Gasteiger partial charge in [-0.05, 0) is 31.1 Å². The number of aromatic nitrogens is 2. The van der Waals surface area contributed by atoms with Gasteiger partial charge in [-0.2, -0.15) is 0 Å².